The third kappa shape index (κ3) is 7.68. The topological polar surface area (TPSA) is 95.5 Å². The summed E-state index contributed by atoms with van der Waals surface area (Å²) in [6, 6.07) is -0.305. The molecule has 0 spiro atoms. The van der Waals surface area contributed by atoms with Crippen molar-refractivity contribution in [2.24, 2.45) is 5.41 Å². The molecule has 1 aliphatic rings. The van der Waals surface area contributed by atoms with Crippen molar-refractivity contribution in [2.45, 2.75) is 71.3 Å². The van der Waals surface area contributed by atoms with Gasteiger partial charge in [-0.05, 0) is 43.9 Å². The molecule has 6 nitrogen and oxygen atoms in total. The predicted molar refractivity (Wildman–Crippen MR) is 78.8 cm³/mol. The smallest absolute Gasteiger partial charge is 0.321 e. The van der Waals surface area contributed by atoms with Crippen molar-refractivity contribution in [3.05, 3.63) is 0 Å². The number of rotatable bonds is 6. The standard InChI is InChI=1S/C15H26N2O4/c1-15(2)9-7-11(8-10-15)16-14(21)17-12(18)5-3-4-6-13(19)20/h11H,3-10H2,1-2H3,(H,19,20)(H2,16,17,18,21). The maximum Gasteiger partial charge on any atom is 0.321 e. The second-order valence-electron chi connectivity index (χ2n) is 6.56. The van der Waals surface area contributed by atoms with Crippen LogP contribution in [-0.2, 0) is 9.59 Å². The SMILES string of the molecule is CC1(C)CCC(NC(=O)NC(=O)CCCCC(=O)O)CC1. The van der Waals surface area contributed by atoms with Crippen LogP contribution in [0.15, 0.2) is 0 Å². The van der Waals surface area contributed by atoms with Gasteiger partial charge in [0.15, 0.2) is 0 Å². The van der Waals surface area contributed by atoms with Crippen molar-refractivity contribution < 1.29 is 19.5 Å². The first kappa shape index (κ1) is 17.5. The van der Waals surface area contributed by atoms with Crippen LogP contribution in [0.5, 0.6) is 0 Å². The fourth-order valence-corrected chi connectivity index (χ4v) is 2.52. The average molecular weight is 298 g/mol. The molecule has 1 rings (SSSR count). The van der Waals surface area contributed by atoms with E-state index in [2.05, 4.69) is 24.5 Å². The molecule has 6 heteroatoms. The highest BCUT2D eigenvalue weighted by molar-refractivity contribution is 5.94. The van der Waals surface area contributed by atoms with Gasteiger partial charge in [0.2, 0.25) is 5.91 Å². The molecule has 0 heterocycles. The molecule has 0 atom stereocenters. The second kappa shape index (κ2) is 8.00. The molecule has 3 N–H and O–H groups in total. The minimum atomic E-state index is -0.867. The molecule has 0 radical (unpaired) electrons. The molecular formula is C15H26N2O4. The van der Waals surface area contributed by atoms with E-state index in [-0.39, 0.29) is 24.8 Å². The number of urea groups is 1. The summed E-state index contributed by atoms with van der Waals surface area (Å²) in [5.41, 5.74) is 0.342. The van der Waals surface area contributed by atoms with E-state index in [0.29, 0.717) is 18.3 Å². The monoisotopic (exact) mass is 298 g/mol. The van der Waals surface area contributed by atoms with E-state index < -0.39 is 12.0 Å². The molecule has 1 fully saturated rings. The van der Waals surface area contributed by atoms with Crippen LogP contribution in [0.3, 0.4) is 0 Å². The third-order valence-electron chi connectivity index (χ3n) is 3.97. The number of nitrogens with one attached hydrogen (secondary N) is 2. The lowest BCUT2D eigenvalue weighted by molar-refractivity contribution is -0.137. The lowest BCUT2D eigenvalue weighted by Crippen LogP contribution is -2.46. The first-order valence-electron chi connectivity index (χ1n) is 7.61. The summed E-state index contributed by atoms with van der Waals surface area (Å²) in [5, 5.41) is 13.6. The van der Waals surface area contributed by atoms with Crippen molar-refractivity contribution in [3.8, 4) is 0 Å². The molecule has 0 aromatic rings. The summed E-state index contributed by atoms with van der Waals surface area (Å²) < 4.78 is 0. The number of aliphatic carboxylic acids is 1. The number of carbonyl (C=O) groups excluding carboxylic acids is 2. The number of imide groups is 1. The zero-order valence-electron chi connectivity index (χ0n) is 12.9. The molecule has 120 valence electrons. The van der Waals surface area contributed by atoms with Gasteiger partial charge in [0.1, 0.15) is 0 Å². The summed E-state index contributed by atoms with van der Waals surface area (Å²) >= 11 is 0. The Kier molecular flexibility index (Phi) is 6.65. The molecule has 3 amide bonds. The maximum atomic E-state index is 11.7. The van der Waals surface area contributed by atoms with Crippen LogP contribution in [0.2, 0.25) is 0 Å². The van der Waals surface area contributed by atoms with Gasteiger partial charge in [-0.15, -0.1) is 0 Å². The highest BCUT2D eigenvalue weighted by Gasteiger charge is 2.27. The molecular weight excluding hydrogens is 272 g/mol. The Bertz CT molecular complexity index is 383. The fraction of sp³-hybridized carbons (Fsp3) is 0.800. The number of unbranched alkanes of at least 4 members (excludes halogenated alkanes) is 1. The highest BCUT2D eigenvalue weighted by Crippen LogP contribution is 2.34. The van der Waals surface area contributed by atoms with Crippen LogP contribution in [0, 0.1) is 5.41 Å². The van der Waals surface area contributed by atoms with Crippen LogP contribution < -0.4 is 10.6 Å². The zero-order valence-corrected chi connectivity index (χ0v) is 12.9. The van der Waals surface area contributed by atoms with E-state index in [4.69, 9.17) is 5.11 Å². The molecule has 0 aromatic heterocycles. The zero-order chi connectivity index (χ0) is 15.9. The van der Waals surface area contributed by atoms with Gasteiger partial charge in [0, 0.05) is 18.9 Å². The highest BCUT2D eigenvalue weighted by atomic mass is 16.4. The second-order valence-corrected chi connectivity index (χ2v) is 6.56. The Morgan fingerprint density at radius 1 is 1.10 bits per heavy atom. The molecule has 0 aliphatic heterocycles. The molecule has 0 aromatic carbocycles. The summed E-state index contributed by atoms with van der Waals surface area (Å²) in [6.45, 7) is 4.45. The van der Waals surface area contributed by atoms with Gasteiger partial charge in [0.25, 0.3) is 0 Å². The van der Waals surface area contributed by atoms with Crippen LogP contribution in [0.25, 0.3) is 0 Å². The molecule has 1 saturated carbocycles. The Morgan fingerprint density at radius 3 is 2.24 bits per heavy atom. The number of hydrogen-bond donors (Lipinski definition) is 3. The molecule has 1 aliphatic carbocycles. The van der Waals surface area contributed by atoms with Gasteiger partial charge in [0.05, 0.1) is 0 Å². The first-order valence-corrected chi connectivity index (χ1v) is 7.61. The van der Waals surface area contributed by atoms with Crippen molar-refractivity contribution in [1.29, 1.82) is 0 Å². The summed E-state index contributed by atoms with van der Waals surface area (Å²) in [7, 11) is 0. The van der Waals surface area contributed by atoms with E-state index in [0.717, 1.165) is 25.7 Å². The van der Waals surface area contributed by atoms with E-state index in [9.17, 15) is 14.4 Å². The Labute approximate surface area is 125 Å². The van der Waals surface area contributed by atoms with E-state index >= 15 is 0 Å². The first-order chi connectivity index (χ1) is 9.78. The van der Waals surface area contributed by atoms with Gasteiger partial charge in [-0.2, -0.15) is 0 Å². The molecule has 0 saturated heterocycles. The van der Waals surface area contributed by atoms with Crippen molar-refractivity contribution in [3.63, 3.8) is 0 Å². The van der Waals surface area contributed by atoms with E-state index in [1.165, 1.54) is 0 Å². The van der Waals surface area contributed by atoms with Gasteiger partial charge in [-0.3, -0.25) is 14.9 Å². The minimum Gasteiger partial charge on any atom is -0.481 e. The number of carboxylic acids is 1. The quantitative estimate of drug-likeness (QED) is 0.656. The number of hydrogen-bond acceptors (Lipinski definition) is 3. The van der Waals surface area contributed by atoms with Gasteiger partial charge in [-0.1, -0.05) is 13.8 Å². The summed E-state index contributed by atoms with van der Waals surface area (Å²) in [6.07, 6.45) is 5.17. The Morgan fingerprint density at radius 2 is 1.67 bits per heavy atom. The van der Waals surface area contributed by atoms with Crippen LogP contribution in [-0.4, -0.2) is 29.1 Å². The Balaban J connectivity index is 2.15. The van der Waals surface area contributed by atoms with Crippen molar-refractivity contribution in [2.75, 3.05) is 0 Å². The van der Waals surface area contributed by atoms with Crippen LogP contribution in [0.4, 0.5) is 4.79 Å². The Hall–Kier alpha value is -1.59. The van der Waals surface area contributed by atoms with Gasteiger partial charge >= 0.3 is 12.0 Å². The summed E-state index contributed by atoms with van der Waals surface area (Å²) in [4.78, 5) is 33.5. The molecule has 0 unspecified atom stereocenters. The number of amides is 3. The van der Waals surface area contributed by atoms with Crippen molar-refractivity contribution >= 4 is 17.9 Å². The number of carbonyl (C=O) groups is 3. The normalized spacial score (nSPS) is 18.0. The summed E-state index contributed by atoms with van der Waals surface area (Å²) in [5.74, 6) is -1.22. The minimum absolute atomic E-state index is 0.0529. The largest absolute Gasteiger partial charge is 0.481 e. The van der Waals surface area contributed by atoms with Crippen LogP contribution >= 0.6 is 0 Å². The fourth-order valence-electron chi connectivity index (χ4n) is 2.52. The molecule has 0 bridgehead atoms. The third-order valence-corrected chi connectivity index (χ3v) is 3.97. The predicted octanol–water partition coefficient (Wildman–Crippen LogP) is 2.43. The maximum absolute atomic E-state index is 11.7. The van der Waals surface area contributed by atoms with E-state index in [1.54, 1.807) is 0 Å². The average Bonchev–Trinajstić information content (AvgIpc) is 2.37. The lowest BCUT2D eigenvalue weighted by Gasteiger charge is -2.34. The van der Waals surface area contributed by atoms with Gasteiger partial charge < -0.3 is 10.4 Å². The van der Waals surface area contributed by atoms with E-state index in [1.807, 2.05) is 0 Å². The van der Waals surface area contributed by atoms with Crippen LogP contribution in [0.1, 0.15) is 65.2 Å². The lowest BCUT2D eigenvalue weighted by atomic mass is 9.76. The molecule has 21 heavy (non-hydrogen) atoms. The number of carboxylic acid groups (broad SMARTS) is 1. The van der Waals surface area contributed by atoms with Crippen molar-refractivity contribution in [1.82, 2.24) is 10.6 Å². The van der Waals surface area contributed by atoms with Gasteiger partial charge in [-0.25, -0.2) is 4.79 Å².